The van der Waals surface area contributed by atoms with Crippen LogP contribution in [0.2, 0.25) is 0 Å². The molecule has 0 atom stereocenters. The van der Waals surface area contributed by atoms with E-state index < -0.39 is 0 Å². The smallest absolute Gasteiger partial charge is 0.257 e. The van der Waals surface area contributed by atoms with Gasteiger partial charge in [0.15, 0.2) is 0 Å². The van der Waals surface area contributed by atoms with Gasteiger partial charge in [-0.2, -0.15) is 0 Å². The fourth-order valence-corrected chi connectivity index (χ4v) is 6.31. The first-order chi connectivity index (χ1) is 23.5. The number of amides is 1. The number of pyridine rings is 2. The Bertz CT molecular complexity index is 1880. The summed E-state index contributed by atoms with van der Waals surface area (Å²) in [7, 11) is 0. The number of fused-ring (bicyclic) bond motifs is 1. The molecule has 0 spiro atoms. The van der Waals surface area contributed by atoms with E-state index in [4.69, 9.17) is 4.98 Å². The molecule has 4 heterocycles. The normalized spacial score (nSPS) is 13.9. The number of hydrogen-bond acceptors (Lipinski definition) is 5. The summed E-state index contributed by atoms with van der Waals surface area (Å²) in [6.07, 6.45) is 15.1. The highest BCUT2D eigenvalue weighted by atomic mass is 16.2. The molecular formula is C41H46N6O. The van der Waals surface area contributed by atoms with E-state index in [9.17, 15) is 4.79 Å². The number of likely N-dealkylation sites (tertiary alicyclic amines) is 1. The van der Waals surface area contributed by atoms with Crippen LogP contribution >= 0.6 is 0 Å². The number of carbonyl (C=O) groups is 1. The molecule has 7 nitrogen and oxygen atoms in total. The molecule has 3 aromatic heterocycles. The van der Waals surface area contributed by atoms with Crippen LogP contribution in [0, 0.1) is 13.8 Å². The number of benzene rings is 2. The molecule has 0 bridgehead atoms. The number of carbonyl (C=O) groups excluding carboxylic acids is 1. The molecule has 6 rings (SSSR count). The summed E-state index contributed by atoms with van der Waals surface area (Å²) in [5.74, 6) is 0.952. The van der Waals surface area contributed by atoms with E-state index in [1.54, 1.807) is 12.4 Å². The largest absolute Gasteiger partial charge is 0.324 e. The van der Waals surface area contributed by atoms with Gasteiger partial charge in [0.1, 0.15) is 11.3 Å². The standard InChI is InChI=1S/C41H46N6O/c1-4-5-26-46(41(48)35-19-15-33(16-20-35)30-47-32(3)43-39-29-42-23-21-40(39)47)27-9-11-36-10-8-12-38(44-36)37(22-28-45-24-6-7-25-45)34-17-13-31(2)14-18-34/h8-10,12-23,27,29H,4-7,11,24-26,28,30H2,1-3H3. The van der Waals surface area contributed by atoms with E-state index >= 15 is 0 Å². The van der Waals surface area contributed by atoms with Gasteiger partial charge in [0.05, 0.1) is 17.4 Å². The first-order valence-corrected chi connectivity index (χ1v) is 17.3. The summed E-state index contributed by atoms with van der Waals surface area (Å²) in [4.78, 5) is 32.0. The fourth-order valence-electron chi connectivity index (χ4n) is 6.31. The zero-order valence-corrected chi connectivity index (χ0v) is 28.5. The minimum Gasteiger partial charge on any atom is -0.324 e. The Labute approximate surface area is 284 Å². The van der Waals surface area contributed by atoms with Gasteiger partial charge in [-0.25, -0.2) is 4.98 Å². The average Bonchev–Trinajstić information content (AvgIpc) is 3.75. The van der Waals surface area contributed by atoms with Crippen LogP contribution in [0.15, 0.2) is 104 Å². The van der Waals surface area contributed by atoms with Gasteiger partial charge in [-0.05, 0) is 87.7 Å². The molecule has 246 valence electrons. The third-order valence-electron chi connectivity index (χ3n) is 9.11. The van der Waals surface area contributed by atoms with Crippen molar-refractivity contribution in [2.45, 2.75) is 59.4 Å². The predicted octanol–water partition coefficient (Wildman–Crippen LogP) is 8.02. The highest BCUT2D eigenvalue weighted by Crippen LogP contribution is 2.24. The van der Waals surface area contributed by atoms with Gasteiger partial charge in [-0.15, -0.1) is 0 Å². The molecule has 5 aromatic rings. The van der Waals surface area contributed by atoms with Crippen LogP contribution in [-0.4, -0.2) is 61.4 Å². The van der Waals surface area contributed by atoms with Crippen molar-refractivity contribution in [2.24, 2.45) is 0 Å². The second kappa shape index (κ2) is 15.8. The van der Waals surface area contributed by atoms with Crippen LogP contribution in [0.25, 0.3) is 16.6 Å². The molecule has 1 amide bonds. The zero-order valence-electron chi connectivity index (χ0n) is 28.5. The maximum atomic E-state index is 13.7. The highest BCUT2D eigenvalue weighted by Gasteiger charge is 2.15. The lowest BCUT2D eigenvalue weighted by Gasteiger charge is -2.19. The van der Waals surface area contributed by atoms with Gasteiger partial charge < -0.3 is 9.47 Å². The Morgan fingerprint density at radius 2 is 1.69 bits per heavy atom. The Morgan fingerprint density at radius 1 is 0.917 bits per heavy atom. The Kier molecular flexibility index (Phi) is 10.9. The van der Waals surface area contributed by atoms with Crippen molar-refractivity contribution in [3.63, 3.8) is 0 Å². The Balaban J connectivity index is 1.15. The number of aryl methyl sites for hydroxylation is 2. The van der Waals surface area contributed by atoms with Gasteiger partial charge in [-0.3, -0.25) is 19.7 Å². The average molecular weight is 639 g/mol. The van der Waals surface area contributed by atoms with Crippen molar-refractivity contribution >= 4 is 22.5 Å². The summed E-state index contributed by atoms with van der Waals surface area (Å²) in [5, 5.41) is 0. The molecule has 1 saturated heterocycles. The summed E-state index contributed by atoms with van der Waals surface area (Å²) < 4.78 is 2.18. The third-order valence-corrected chi connectivity index (χ3v) is 9.11. The molecule has 1 aliphatic heterocycles. The van der Waals surface area contributed by atoms with Gasteiger partial charge in [0, 0.05) is 55.3 Å². The van der Waals surface area contributed by atoms with E-state index in [2.05, 4.69) is 87.9 Å². The zero-order chi connectivity index (χ0) is 33.3. The van der Waals surface area contributed by atoms with Crippen molar-refractivity contribution in [1.82, 2.24) is 29.3 Å². The summed E-state index contributed by atoms with van der Waals surface area (Å²) in [5.41, 5.74) is 9.32. The molecule has 0 saturated carbocycles. The van der Waals surface area contributed by atoms with Crippen LogP contribution < -0.4 is 0 Å². The molecule has 2 aromatic carbocycles. The summed E-state index contributed by atoms with van der Waals surface area (Å²) >= 11 is 0. The molecule has 48 heavy (non-hydrogen) atoms. The number of allylic oxidation sites excluding steroid dienone is 1. The molecule has 1 aliphatic rings. The molecule has 0 unspecified atom stereocenters. The topological polar surface area (TPSA) is 67.2 Å². The minimum atomic E-state index is 0.00907. The third kappa shape index (κ3) is 8.15. The molecule has 7 heteroatoms. The van der Waals surface area contributed by atoms with E-state index in [0.717, 1.165) is 66.3 Å². The number of unbranched alkanes of at least 4 members (excludes halogenated alkanes) is 1. The van der Waals surface area contributed by atoms with E-state index in [1.165, 1.54) is 29.5 Å². The molecule has 0 radical (unpaired) electrons. The van der Waals surface area contributed by atoms with Crippen LogP contribution in [0.1, 0.15) is 76.9 Å². The van der Waals surface area contributed by atoms with Crippen molar-refractivity contribution in [3.8, 4) is 0 Å². The Hall–Kier alpha value is -4.88. The maximum absolute atomic E-state index is 13.7. The quantitative estimate of drug-likeness (QED) is 0.131. The number of imidazole rings is 1. The van der Waals surface area contributed by atoms with Gasteiger partial charge >= 0.3 is 0 Å². The van der Waals surface area contributed by atoms with Crippen molar-refractivity contribution < 1.29 is 4.79 Å². The number of rotatable bonds is 13. The van der Waals surface area contributed by atoms with Crippen molar-refractivity contribution in [2.75, 3.05) is 26.2 Å². The lowest BCUT2D eigenvalue weighted by molar-refractivity contribution is 0.0820. The van der Waals surface area contributed by atoms with Crippen LogP contribution in [-0.2, 0) is 13.0 Å². The van der Waals surface area contributed by atoms with Gasteiger partial charge in [0.25, 0.3) is 5.91 Å². The van der Waals surface area contributed by atoms with Crippen LogP contribution in [0.3, 0.4) is 0 Å². The van der Waals surface area contributed by atoms with Crippen LogP contribution in [0.4, 0.5) is 0 Å². The number of aromatic nitrogens is 4. The predicted molar refractivity (Wildman–Crippen MR) is 195 cm³/mol. The van der Waals surface area contributed by atoms with E-state index in [0.29, 0.717) is 25.1 Å². The second-order valence-electron chi connectivity index (χ2n) is 12.8. The SMILES string of the molecule is CCCCN(C=CCc1cccc(C(=CCN2CCCC2)c2ccc(C)cc2)n1)C(=O)c1ccc(Cn2c(C)nc3cnccc32)cc1. The summed E-state index contributed by atoms with van der Waals surface area (Å²) in [6.45, 7) is 10.9. The molecule has 1 fully saturated rings. The minimum absolute atomic E-state index is 0.00907. The van der Waals surface area contributed by atoms with Gasteiger partial charge in [0.2, 0.25) is 0 Å². The lowest BCUT2D eigenvalue weighted by Crippen LogP contribution is -2.27. The highest BCUT2D eigenvalue weighted by molar-refractivity contribution is 5.95. The van der Waals surface area contributed by atoms with Crippen molar-refractivity contribution in [3.05, 3.63) is 143 Å². The lowest BCUT2D eigenvalue weighted by atomic mass is 10.00. The maximum Gasteiger partial charge on any atom is 0.257 e. The second-order valence-corrected chi connectivity index (χ2v) is 12.8. The van der Waals surface area contributed by atoms with Gasteiger partial charge in [-0.1, -0.05) is 73.5 Å². The summed E-state index contributed by atoms with van der Waals surface area (Å²) in [6, 6.07) is 24.9. The first-order valence-electron chi connectivity index (χ1n) is 17.3. The number of nitrogens with zero attached hydrogens (tertiary/aromatic N) is 6. The Morgan fingerprint density at radius 3 is 2.46 bits per heavy atom. The fraction of sp³-hybridized carbons (Fsp3) is 0.317. The first kappa shape index (κ1) is 33.0. The van der Waals surface area contributed by atoms with E-state index in [-0.39, 0.29) is 5.91 Å². The molecule has 0 aliphatic carbocycles. The molecular weight excluding hydrogens is 592 g/mol. The monoisotopic (exact) mass is 638 g/mol. The van der Waals surface area contributed by atoms with E-state index in [1.807, 2.05) is 48.4 Å². The van der Waals surface area contributed by atoms with Crippen molar-refractivity contribution in [1.29, 1.82) is 0 Å². The number of hydrogen-bond donors (Lipinski definition) is 0. The molecule has 0 N–H and O–H groups in total. The van der Waals surface area contributed by atoms with Crippen LogP contribution in [0.5, 0.6) is 0 Å².